The van der Waals surface area contributed by atoms with E-state index in [4.69, 9.17) is 5.26 Å². The summed E-state index contributed by atoms with van der Waals surface area (Å²) < 4.78 is 0. The van der Waals surface area contributed by atoms with Gasteiger partial charge in [0.2, 0.25) is 0 Å². The molecular weight excluding hydrogens is 282 g/mol. The fourth-order valence-electron chi connectivity index (χ4n) is 0.927. The van der Waals surface area contributed by atoms with Crippen molar-refractivity contribution < 1.29 is 0 Å². The van der Waals surface area contributed by atoms with Crippen molar-refractivity contribution in [2.75, 3.05) is 0 Å². The van der Waals surface area contributed by atoms with Crippen LogP contribution in [0.25, 0.3) is 0 Å². The van der Waals surface area contributed by atoms with Crippen LogP contribution >= 0.6 is 31.9 Å². The molecule has 0 saturated heterocycles. The lowest BCUT2D eigenvalue weighted by molar-refractivity contribution is 1.32. The van der Waals surface area contributed by atoms with Crippen LogP contribution in [0.3, 0.4) is 0 Å². The minimum absolute atomic E-state index is 0.735. The summed E-state index contributed by atoms with van der Waals surface area (Å²) in [5, 5.41) is 10.3. The number of rotatable bonds is 2. The summed E-state index contributed by atoms with van der Waals surface area (Å²) in [6.45, 7) is 0. The van der Waals surface area contributed by atoms with Gasteiger partial charge in [0.05, 0.1) is 11.6 Å². The second-order valence-corrected chi connectivity index (χ2v) is 3.49. The van der Waals surface area contributed by atoms with Crippen molar-refractivity contribution in [2.24, 2.45) is 0 Å². The summed E-state index contributed by atoms with van der Waals surface area (Å²) in [4.78, 5) is 0. The highest BCUT2D eigenvalue weighted by Gasteiger charge is 2.00. The van der Waals surface area contributed by atoms with E-state index < -0.39 is 0 Å². The molecule has 1 aromatic rings. The molecule has 0 aliphatic carbocycles. The summed E-state index contributed by atoms with van der Waals surface area (Å²) in [6, 6.07) is 8.07. The standard InChI is InChI=1S/C9H7Br2N/c10-4-7-1-2-8(5-11)9(3-7)6-12/h1-3H,4-5H2. The first-order chi connectivity index (χ1) is 5.81. The number of hydrogen-bond acceptors (Lipinski definition) is 1. The number of nitriles is 1. The van der Waals surface area contributed by atoms with Gasteiger partial charge in [-0.1, -0.05) is 44.0 Å². The highest BCUT2D eigenvalue weighted by molar-refractivity contribution is 9.08. The third-order valence-corrected chi connectivity index (χ3v) is 2.84. The summed E-state index contributed by atoms with van der Waals surface area (Å²) in [5.41, 5.74) is 2.93. The molecule has 3 heteroatoms. The minimum Gasteiger partial charge on any atom is -0.192 e. The molecular formula is C9H7Br2N. The average molecular weight is 289 g/mol. The van der Waals surface area contributed by atoms with Crippen LogP contribution in [0, 0.1) is 11.3 Å². The van der Waals surface area contributed by atoms with Crippen molar-refractivity contribution in [1.29, 1.82) is 5.26 Å². The maximum absolute atomic E-state index is 8.78. The van der Waals surface area contributed by atoms with Crippen LogP contribution in [-0.2, 0) is 10.7 Å². The van der Waals surface area contributed by atoms with Crippen LogP contribution in [0.1, 0.15) is 16.7 Å². The van der Waals surface area contributed by atoms with E-state index in [0.29, 0.717) is 0 Å². The fourth-order valence-corrected chi connectivity index (χ4v) is 1.77. The van der Waals surface area contributed by atoms with Crippen molar-refractivity contribution in [3.05, 3.63) is 34.9 Å². The Morgan fingerprint density at radius 2 is 2.00 bits per heavy atom. The molecule has 0 N–H and O–H groups in total. The lowest BCUT2D eigenvalue weighted by Gasteiger charge is -2.00. The zero-order chi connectivity index (χ0) is 8.97. The minimum atomic E-state index is 0.735. The smallest absolute Gasteiger partial charge is 0.0994 e. The quantitative estimate of drug-likeness (QED) is 0.766. The predicted octanol–water partition coefficient (Wildman–Crippen LogP) is 3.35. The molecule has 0 spiro atoms. The van der Waals surface area contributed by atoms with E-state index in [0.717, 1.165) is 27.4 Å². The van der Waals surface area contributed by atoms with E-state index >= 15 is 0 Å². The van der Waals surface area contributed by atoms with Crippen molar-refractivity contribution in [1.82, 2.24) is 0 Å². The van der Waals surface area contributed by atoms with Gasteiger partial charge in [0.15, 0.2) is 0 Å². The first-order valence-corrected chi connectivity index (χ1v) is 5.70. The van der Waals surface area contributed by atoms with Gasteiger partial charge in [-0.3, -0.25) is 0 Å². The van der Waals surface area contributed by atoms with Gasteiger partial charge in [0.1, 0.15) is 0 Å². The largest absolute Gasteiger partial charge is 0.192 e. The molecule has 0 fully saturated rings. The zero-order valence-corrected chi connectivity index (χ0v) is 9.52. The normalized spacial score (nSPS) is 9.42. The predicted molar refractivity (Wildman–Crippen MR) is 56.4 cm³/mol. The van der Waals surface area contributed by atoms with Crippen LogP contribution in [0.4, 0.5) is 0 Å². The van der Waals surface area contributed by atoms with Gasteiger partial charge in [-0.15, -0.1) is 0 Å². The number of hydrogen-bond donors (Lipinski definition) is 0. The summed E-state index contributed by atoms with van der Waals surface area (Å²) in [5.74, 6) is 0. The van der Waals surface area contributed by atoms with E-state index in [-0.39, 0.29) is 0 Å². The Balaban J connectivity index is 3.13. The molecule has 0 aliphatic heterocycles. The summed E-state index contributed by atoms with van der Waals surface area (Å²) >= 11 is 6.68. The Hall–Kier alpha value is -0.330. The van der Waals surface area contributed by atoms with Gasteiger partial charge in [0.25, 0.3) is 0 Å². The molecule has 0 saturated carbocycles. The van der Waals surface area contributed by atoms with Crippen LogP contribution in [0.2, 0.25) is 0 Å². The molecule has 1 rings (SSSR count). The van der Waals surface area contributed by atoms with Crippen LogP contribution in [0.15, 0.2) is 18.2 Å². The van der Waals surface area contributed by atoms with Crippen molar-refractivity contribution in [2.45, 2.75) is 10.7 Å². The monoisotopic (exact) mass is 287 g/mol. The molecule has 0 aromatic heterocycles. The Morgan fingerprint density at radius 3 is 2.50 bits per heavy atom. The van der Waals surface area contributed by atoms with Gasteiger partial charge >= 0.3 is 0 Å². The van der Waals surface area contributed by atoms with E-state index in [1.165, 1.54) is 0 Å². The Morgan fingerprint density at radius 1 is 1.25 bits per heavy atom. The molecule has 1 nitrogen and oxygen atoms in total. The van der Waals surface area contributed by atoms with Gasteiger partial charge in [-0.2, -0.15) is 5.26 Å². The zero-order valence-electron chi connectivity index (χ0n) is 6.35. The lowest BCUT2D eigenvalue weighted by atomic mass is 10.1. The Bertz CT molecular complexity index is 315. The molecule has 0 radical (unpaired) electrons. The number of halogens is 2. The maximum Gasteiger partial charge on any atom is 0.0994 e. The molecule has 0 amide bonds. The average Bonchev–Trinajstić information content (AvgIpc) is 2.16. The van der Waals surface area contributed by atoms with E-state index in [9.17, 15) is 0 Å². The van der Waals surface area contributed by atoms with E-state index in [1.807, 2.05) is 18.2 Å². The highest BCUT2D eigenvalue weighted by atomic mass is 79.9. The van der Waals surface area contributed by atoms with Gasteiger partial charge in [-0.25, -0.2) is 0 Å². The second kappa shape index (κ2) is 4.64. The van der Waals surface area contributed by atoms with Crippen molar-refractivity contribution in [3.63, 3.8) is 0 Å². The maximum atomic E-state index is 8.78. The van der Waals surface area contributed by atoms with Gasteiger partial charge < -0.3 is 0 Å². The third kappa shape index (κ3) is 2.09. The number of alkyl halides is 2. The van der Waals surface area contributed by atoms with Crippen LogP contribution in [-0.4, -0.2) is 0 Å². The highest BCUT2D eigenvalue weighted by Crippen LogP contribution is 2.15. The summed E-state index contributed by atoms with van der Waals surface area (Å²) in [7, 11) is 0. The number of nitrogens with zero attached hydrogens (tertiary/aromatic N) is 1. The molecule has 62 valence electrons. The molecule has 0 heterocycles. The van der Waals surface area contributed by atoms with Crippen molar-refractivity contribution in [3.8, 4) is 6.07 Å². The topological polar surface area (TPSA) is 23.8 Å². The second-order valence-electron chi connectivity index (χ2n) is 2.37. The number of benzene rings is 1. The Labute approximate surface area is 88.7 Å². The lowest BCUT2D eigenvalue weighted by Crippen LogP contribution is -1.87. The van der Waals surface area contributed by atoms with E-state index in [2.05, 4.69) is 37.9 Å². The molecule has 12 heavy (non-hydrogen) atoms. The third-order valence-electron chi connectivity index (χ3n) is 1.59. The first kappa shape index (κ1) is 9.76. The SMILES string of the molecule is N#Cc1cc(CBr)ccc1CBr. The first-order valence-electron chi connectivity index (χ1n) is 3.45. The Kier molecular flexibility index (Phi) is 3.77. The van der Waals surface area contributed by atoms with Crippen LogP contribution < -0.4 is 0 Å². The van der Waals surface area contributed by atoms with Gasteiger partial charge in [-0.05, 0) is 17.2 Å². The molecule has 0 unspecified atom stereocenters. The van der Waals surface area contributed by atoms with Crippen molar-refractivity contribution >= 4 is 31.9 Å². The fraction of sp³-hybridized carbons (Fsp3) is 0.222. The molecule has 1 aromatic carbocycles. The molecule has 0 bridgehead atoms. The van der Waals surface area contributed by atoms with Crippen LogP contribution in [0.5, 0.6) is 0 Å². The van der Waals surface area contributed by atoms with E-state index in [1.54, 1.807) is 0 Å². The van der Waals surface area contributed by atoms with Gasteiger partial charge in [0, 0.05) is 10.7 Å². The summed E-state index contributed by atoms with van der Waals surface area (Å²) in [6.07, 6.45) is 0. The molecule has 0 atom stereocenters. The molecule has 0 aliphatic rings.